The Morgan fingerprint density at radius 1 is 1.23 bits per heavy atom. The monoisotopic (exact) mass is 347 g/mol. The number of rotatable bonds is 5. The first-order valence-electron chi connectivity index (χ1n) is 7.96. The van der Waals surface area contributed by atoms with Gasteiger partial charge >= 0.3 is 0 Å². The van der Waals surface area contributed by atoms with Gasteiger partial charge in [-0.3, -0.25) is 9.59 Å². The number of imidazole rings is 1. The Labute approximate surface area is 150 Å². The molecule has 130 valence electrons. The van der Waals surface area contributed by atoms with Crippen LogP contribution in [0.3, 0.4) is 0 Å². The van der Waals surface area contributed by atoms with E-state index < -0.39 is 17.5 Å². The van der Waals surface area contributed by atoms with Crippen molar-refractivity contribution in [3.63, 3.8) is 0 Å². The number of hydrogen-bond donors (Lipinski definition) is 0. The van der Waals surface area contributed by atoms with Crippen LogP contribution >= 0.6 is 0 Å². The second-order valence-corrected chi connectivity index (χ2v) is 6.09. The molecule has 0 N–H and O–H groups in total. The molecular formula is C19H17N5O2. The van der Waals surface area contributed by atoms with E-state index in [0.717, 1.165) is 0 Å². The minimum absolute atomic E-state index is 0.0797. The first kappa shape index (κ1) is 17.3. The molecule has 0 spiro atoms. The molecule has 26 heavy (non-hydrogen) atoms. The summed E-state index contributed by atoms with van der Waals surface area (Å²) in [6, 6.07) is 10.6. The van der Waals surface area contributed by atoms with Crippen molar-refractivity contribution in [2.45, 2.75) is 0 Å². The molecule has 0 aliphatic heterocycles. The van der Waals surface area contributed by atoms with Gasteiger partial charge in [0.05, 0.1) is 11.6 Å². The van der Waals surface area contributed by atoms with Gasteiger partial charge in [0.2, 0.25) is 5.78 Å². The van der Waals surface area contributed by atoms with Crippen molar-refractivity contribution in [2.75, 3.05) is 19.0 Å². The molecule has 0 radical (unpaired) electrons. The highest BCUT2D eigenvalue weighted by Crippen LogP contribution is 2.25. The van der Waals surface area contributed by atoms with E-state index in [4.69, 9.17) is 0 Å². The molecule has 0 saturated heterocycles. The SMILES string of the molecule is CN(C)c1cc(C(=O)C(C#N)C(=O)c2nccn2C)c2ccccc2n1. The molecule has 3 aromatic rings. The number of ketones is 2. The largest absolute Gasteiger partial charge is 0.363 e. The van der Waals surface area contributed by atoms with Gasteiger partial charge in [0.25, 0.3) is 0 Å². The molecule has 0 aliphatic rings. The summed E-state index contributed by atoms with van der Waals surface area (Å²) in [5.41, 5.74) is 0.927. The Morgan fingerprint density at radius 2 is 1.96 bits per heavy atom. The molecule has 0 bridgehead atoms. The first-order valence-corrected chi connectivity index (χ1v) is 7.96. The van der Waals surface area contributed by atoms with E-state index in [1.54, 1.807) is 42.4 Å². The molecule has 0 aliphatic carbocycles. The van der Waals surface area contributed by atoms with Crippen molar-refractivity contribution in [3.8, 4) is 6.07 Å². The lowest BCUT2D eigenvalue weighted by molar-refractivity contribution is 0.0839. The maximum Gasteiger partial charge on any atom is 0.223 e. The van der Waals surface area contributed by atoms with Gasteiger partial charge in [-0.15, -0.1) is 0 Å². The van der Waals surface area contributed by atoms with Crippen LogP contribution in [0.25, 0.3) is 10.9 Å². The molecule has 1 atom stereocenters. The van der Waals surface area contributed by atoms with Gasteiger partial charge in [0.1, 0.15) is 5.82 Å². The number of pyridine rings is 1. The van der Waals surface area contributed by atoms with E-state index in [1.165, 1.54) is 10.8 Å². The third-order valence-corrected chi connectivity index (χ3v) is 4.12. The molecule has 1 aromatic carbocycles. The van der Waals surface area contributed by atoms with Gasteiger partial charge in [-0.2, -0.15) is 5.26 Å². The summed E-state index contributed by atoms with van der Waals surface area (Å²) < 4.78 is 1.50. The van der Waals surface area contributed by atoms with Crippen LogP contribution in [0.15, 0.2) is 42.7 Å². The molecule has 0 amide bonds. The summed E-state index contributed by atoms with van der Waals surface area (Å²) in [4.78, 5) is 36.0. The Morgan fingerprint density at radius 3 is 2.58 bits per heavy atom. The number of aryl methyl sites for hydroxylation is 1. The highest BCUT2D eigenvalue weighted by molar-refractivity contribution is 6.20. The van der Waals surface area contributed by atoms with E-state index in [-0.39, 0.29) is 5.82 Å². The van der Waals surface area contributed by atoms with Crippen molar-refractivity contribution in [1.82, 2.24) is 14.5 Å². The summed E-state index contributed by atoms with van der Waals surface area (Å²) in [6.45, 7) is 0. The number of carbonyl (C=O) groups is 2. The number of aromatic nitrogens is 3. The van der Waals surface area contributed by atoms with Crippen molar-refractivity contribution >= 4 is 28.3 Å². The molecule has 2 heterocycles. The van der Waals surface area contributed by atoms with Crippen molar-refractivity contribution in [2.24, 2.45) is 13.0 Å². The quantitative estimate of drug-likeness (QED) is 0.519. The Hall–Kier alpha value is -3.53. The highest BCUT2D eigenvalue weighted by atomic mass is 16.2. The van der Waals surface area contributed by atoms with E-state index in [2.05, 4.69) is 9.97 Å². The summed E-state index contributed by atoms with van der Waals surface area (Å²) in [5.74, 6) is -1.97. The maximum absolute atomic E-state index is 13.1. The predicted octanol–water partition coefficient (Wildman–Crippen LogP) is 2.24. The normalized spacial score (nSPS) is 11.8. The molecule has 0 fully saturated rings. The van der Waals surface area contributed by atoms with Gasteiger partial charge in [-0.25, -0.2) is 9.97 Å². The van der Waals surface area contributed by atoms with Crippen LogP contribution in [0.4, 0.5) is 5.82 Å². The van der Waals surface area contributed by atoms with Crippen LogP contribution in [-0.4, -0.2) is 40.2 Å². The molecule has 7 heteroatoms. The third kappa shape index (κ3) is 2.93. The number of para-hydroxylation sites is 1. The third-order valence-electron chi connectivity index (χ3n) is 4.12. The van der Waals surface area contributed by atoms with E-state index in [9.17, 15) is 14.9 Å². The molecule has 2 aromatic heterocycles. The van der Waals surface area contributed by atoms with Crippen LogP contribution in [0.2, 0.25) is 0 Å². The zero-order valence-electron chi connectivity index (χ0n) is 14.7. The summed E-state index contributed by atoms with van der Waals surface area (Å²) in [6.07, 6.45) is 3.05. The number of anilines is 1. The number of fused-ring (bicyclic) bond motifs is 1. The van der Waals surface area contributed by atoms with Gasteiger partial charge in [-0.1, -0.05) is 18.2 Å². The maximum atomic E-state index is 13.1. The van der Waals surface area contributed by atoms with Crippen LogP contribution in [0.5, 0.6) is 0 Å². The zero-order valence-corrected chi connectivity index (χ0v) is 14.7. The summed E-state index contributed by atoms with van der Waals surface area (Å²) in [5, 5.41) is 10.1. The van der Waals surface area contributed by atoms with Gasteiger partial charge in [0, 0.05) is 44.5 Å². The zero-order chi connectivity index (χ0) is 18.8. The van der Waals surface area contributed by atoms with Gasteiger partial charge in [0.15, 0.2) is 17.5 Å². The number of nitriles is 1. The van der Waals surface area contributed by atoms with Crippen LogP contribution in [-0.2, 0) is 7.05 Å². The molecule has 1 unspecified atom stereocenters. The predicted molar refractivity (Wildman–Crippen MR) is 97.0 cm³/mol. The van der Waals surface area contributed by atoms with Crippen LogP contribution < -0.4 is 4.90 Å². The summed E-state index contributed by atoms with van der Waals surface area (Å²) in [7, 11) is 5.27. The number of Topliss-reactive ketones (excluding diaryl/α,β-unsaturated/α-hetero) is 2. The molecule has 3 rings (SSSR count). The van der Waals surface area contributed by atoms with Crippen LogP contribution in [0.1, 0.15) is 21.0 Å². The van der Waals surface area contributed by atoms with Gasteiger partial charge in [-0.05, 0) is 12.1 Å². The molecule has 0 saturated carbocycles. The minimum Gasteiger partial charge on any atom is -0.363 e. The Kier molecular flexibility index (Phi) is 4.50. The van der Waals surface area contributed by atoms with E-state index in [1.807, 2.05) is 26.2 Å². The molecular weight excluding hydrogens is 330 g/mol. The van der Waals surface area contributed by atoms with Crippen molar-refractivity contribution < 1.29 is 9.59 Å². The van der Waals surface area contributed by atoms with Crippen LogP contribution in [0, 0.1) is 17.2 Å². The fourth-order valence-corrected chi connectivity index (χ4v) is 2.72. The number of carbonyl (C=O) groups excluding carboxylic acids is 2. The Balaban J connectivity index is 2.12. The van der Waals surface area contributed by atoms with Crippen molar-refractivity contribution in [1.29, 1.82) is 5.26 Å². The lowest BCUT2D eigenvalue weighted by Gasteiger charge is -2.15. The lowest BCUT2D eigenvalue weighted by atomic mass is 9.92. The standard InChI is InChI=1S/C19H17N5O2/c1-23(2)16-10-13(12-6-4-5-7-15(12)22-16)17(25)14(11-20)18(26)19-21-8-9-24(19)3/h4-10,14H,1-3H3. The number of nitrogens with zero attached hydrogens (tertiary/aromatic N) is 5. The van der Waals surface area contributed by atoms with E-state index >= 15 is 0 Å². The average Bonchev–Trinajstić information content (AvgIpc) is 3.07. The fraction of sp³-hybridized carbons (Fsp3) is 0.211. The Bertz CT molecular complexity index is 1050. The summed E-state index contributed by atoms with van der Waals surface area (Å²) >= 11 is 0. The lowest BCUT2D eigenvalue weighted by Crippen LogP contribution is -2.26. The number of benzene rings is 1. The smallest absolute Gasteiger partial charge is 0.223 e. The highest BCUT2D eigenvalue weighted by Gasteiger charge is 2.32. The number of hydrogen-bond acceptors (Lipinski definition) is 6. The second kappa shape index (κ2) is 6.76. The first-order chi connectivity index (χ1) is 12.4. The fourth-order valence-electron chi connectivity index (χ4n) is 2.72. The second-order valence-electron chi connectivity index (χ2n) is 6.09. The minimum atomic E-state index is -1.46. The van der Waals surface area contributed by atoms with Gasteiger partial charge < -0.3 is 9.47 Å². The van der Waals surface area contributed by atoms with Crippen molar-refractivity contribution in [3.05, 3.63) is 54.1 Å². The topological polar surface area (TPSA) is 91.9 Å². The average molecular weight is 347 g/mol. The van der Waals surface area contributed by atoms with E-state index in [0.29, 0.717) is 22.3 Å². The molecule has 7 nitrogen and oxygen atoms in total.